The molecule has 6 aromatic carbocycles. The number of aryl methyl sites for hydroxylation is 4. The first-order valence-electron chi connectivity index (χ1n) is 50.8. The van der Waals surface area contributed by atoms with Crippen LogP contribution in [0.5, 0.6) is 0 Å². The summed E-state index contributed by atoms with van der Waals surface area (Å²) in [6.45, 7) is 8.77. The van der Waals surface area contributed by atoms with Gasteiger partial charge in [0.25, 0.3) is 0 Å². The van der Waals surface area contributed by atoms with Crippen LogP contribution in [0.4, 0.5) is 0 Å². The smallest absolute Gasteiger partial charge is 0.224 e. The van der Waals surface area contributed by atoms with Crippen LogP contribution in [0, 0.1) is 70.0 Å². The number of allylic oxidation sites excluding steroid dienone is 6. The Morgan fingerprint density at radius 2 is 0.636 bits per heavy atom. The number of rotatable bonds is 6. The highest BCUT2D eigenvalue weighted by Crippen LogP contribution is 2.52. The van der Waals surface area contributed by atoms with Gasteiger partial charge in [0.2, 0.25) is 35.4 Å². The number of carbonyl (C=O) groups is 6. The van der Waals surface area contributed by atoms with E-state index in [1.54, 1.807) is 63.2 Å². The lowest BCUT2D eigenvalue weighted by Gasteiger charge is -2.22. The number of amides is 6. The molecule has 6 amide bonds. The van der Waals surface area contributed by atoms with E-state index in [-0.39, 0.29) is 166 Å². The monoisotopic (exact) mass is 1590 g/mol. The van der Waals surface area contributed by atoms with Gasteiger partial charge in [0.05, 0.1) is 40.8 Å². The zero-order chi connectivity index (χ0) is 107. The number of fused-ring (bicyclic) bond motifs is 12. The van der Waals surface area contributed by atoms with Gasteiger partial charge in [-0.2, -0.15) is 0 Å². The molecule has 0 aliphatic heterocycles. The van der Waals surface area contributed by atoms with Gasteiger partial charge in [-0.1, -0.05) is 93.8 Å². The van der Waals surface area contributed by atoms with E-state index in [0.29, 0.717) is 65.7 Å². The van der Waals surface area contributed by atoms with Crippen molar-refractivity contribution in [1.82, 2.24) is 0 Å². The van der Waals surface area contributed by atoms with E-state index in [4.69, 9.17) is 151 Å². The van der Waals surface area contributed by atoms with E-state index in [1.807, 2.05) is 13.8 Å². The van der Waals surface area contributed by atoms with Gasteiger partial charge in [-0.05, 0) is 404 Å². The van der Waals surface area contributed by atoms with Gasteiger partial charge >= 0.3 is 0 Å². The van der Waals surface area contributed by atoms with Crippen molar-refractivity contribution in [1.29, 1.82) is 0 Å². The molecule has 0 heterocycles. The van der Waals surface area contributed by atoms with E-state index in [2.05, 4.69) is 0 Å². The summed E-state index contributed by atoms with van der Waals surface area (Å²) >= 11 is 36.5. The Labute approximate surface area is 705 Å². The Morgan fingerprint density at radius 3 is 1.07 bits per heavy atom. The summed E-state index contributed by atoms with van der Waals surface area (Å²) in [6.07, 6.45) is -32.2. The second kappa shape index (κ2) is 32.1. The molecule has 6 unspecified atom stereocenters. The zero-order valence-corrected chi connectivity index (χ0v) is 62.9. The average Bonchev–Trinajstić information content (AvgIpc) is 1.55. The first-order chi connectivity index (χ1) is 63.8. The van der Waals surface area contributed by atoms with Crippen LogP contribution in [0.25, 0.3) is 33.4 Å². The molecule has 107 heavy (non-hydrogen) atoms. The van der Waals surface area contributed by atoms with Crippen LogP contribution in [0.1, 0.15) is 256 Å². The van der Waals surface area contributed by atoms with Crippen molar-refractivity contribution < 1.29 is 75.4 Å². The average molecular weight is 1590 g/mol. The van der Waals surface area contributed by atoms with Gasteiger partial charge in [0.15, 0.2) is 0 Å². The first kappa shape index (κ1) is 45.5. The van der Waals surface area contributed by atoms with Gasteiger partial charge in [0, 0.05) is 71.3 Å². The number of halogens is 6. The molecule has 6 atom stereocenters. The molecule has 558 valence electrons. The number of hydrogen-bond acceptors (Lipinski definition) is 6. The van der Waals surface area contributed by atoms with Crippen LogP contribution >= 0.6 is 69.6 Å². The van der Waals surface area contributed by atoms with Crippen LogP contribution in [-0.4, -0.2) is 35.4 Å². The molecule has 0 saturated carbocycles. The second-order valence-corrected chi connectivity index (χ2v) is 29.2. The van der Waals surface area contributed by atoms with E-state index < -0.39 is 186 Å². The summed E-state index contributed by atoms with van der Waals surface area (Å²) in [5.74, 6) is -18.1. The Hall–Kier alpha value is -7.68. The molecule has 6 aromatic rings. The summed E-state index contributed by atoms with van der Waals surface area (Å²) in [5.41, 5.74) is 42.1. The summed E-state index contributed by atoms with van der Waals surface area (Å²) in [4.78, 5) is 71.4. The quantitative estimate of drug-likeness (QED) is 0.0944. The van der Waals surface area contributed by atoms with E-state index in [0.717, 1.165) is 22.3 Å². The summed E-state index contributed by atoms with van der Waals surface area (Å²) in [5, 5.41) is 1.49. The van der Waals surface area contributed by atoms with E-state index in [9.17, 15) is 28.8 Å². The van der Waals surface area contributed by atoms with Crippen LogP contribution in [0.2, 0.25) is 30.1 Å². The summed E-state index contributed by atoms with van der Waals surface area (Å²) in [7, 11) is 0. The first-order valence-corrected chi connectivity index (χ1v) is 36.0. The molecular weight excluding hydrogens is 1460 g/mol. The van der Waals surface area contributed by atoms with Gasteiger partial charge in [-0.25, -0.2) is 0 Å². The third-order valence-corrected chi connectivity index (χ3v) is 22.0. The van der Waals surface area contributed by atoms with E-state index in [1.165, 1.54) is 12.1 Å². The van der Waals surface area contributed by atoms with Crippen LogP contribution in [0.15, 0.2) is 112 Å². The van der Waals surface area contributed by atoms with Crippen molar-refractivity contribution in [2.75, 3.05) is 0 Å². The fraction of sp³-hybridized carbons (Fsp3) is 0.393. The standard InChI is InChI=1S/5C15H16ClNO.C14H14ClNO/c3*1-8-5-9-6-13-10(12(9)7-14(8)16)3-2-4-11(13)15(17)18;2*1-8-5-9(16)6-13-10-3-2-4-11(15(17)18)14(10)7-12(8)13;15-9-5-4-8-6-13-10(12(8)7-9)2-1-3-11(13)14(16)17/h3*5,7,11H,2-4,6H2,1H3,(H2,17,18);2*5-6,11H,2-4,7H2,1H3,(H2,17,18);4-5,7,11H,1-3,6H2,(H2,16,17)/i2D2,3D2,7D,11D;2D2,3D2,5D,11D;2D2,3D2,11D;2D2,3D2,6D,11D;2D2,3D2,11D;1D2,2D2,7D,11D. The SMILES string of the molecule is [2H]C1(C(N)=O)CC([2H])([2H])C([2H])([2H])C2=C1Cc1c(C)cc(Cl)cc12.[2H]C1(C(N)=O)CC([2H])([2H])C([2H])([2H])C2=C1Cc1cc(C)c(Cl)cc12.[2H]c1c(C)c(Cl)cc2c1CC1=C2C([2H])([2H])C([2H])([2H])CC1([2H])C(N)=O.[2H]c1c(Cl)c(C)cc2c1C1=C(C2)C([2H])(C(N)=O)CC([2H])([2H])C1([2H])[2H].[2H]c1c(Cl)cc(C)c2c1C1=C(C2)C([2H])(C(N)=O)CC([2H])([2H])C1([2H])[2H].[2H]c1c(Cl)ccc2c1C1=C(C2)C([2H])(C(N)=O)CC([2H])([2H])C1([2H])[2H]. The molecule has 12 aliphatic carbocycles. The van der Waals surface area contributed by atoms with Crippen LogP contribution in [-0.2, 0) is 67.3 Å². The summed E-state index contributed by atoms with van der Waals surface area (Å²) in [6, 6.07) is 14.4. The predicted molar refractivity (Wildman–Crippen MR) is 435 cm³/mol. The second-order valence-electron chi connectivity index (χ2n) is 26.8. The number of carbonyl (C=O) groups excluding carboxylic acids is 6. The Bertz CT molecular complexity index is 6830. The third-order valence-electron chi connectivity index (χ3n) is 20.1. The minimum absolute atomic E-state index is 0.0313. The molecule has 0 fully saturated rings. The van der Waals surface area contributed by atoms with Crippen LogP contribution in [0.3, 0.4) is 0 Å². The maximum Gasteiger partial charge on any atom is 0.224 e. The zero-order valence-electron chi connectivity index (χ0n) is 92.4. The van der Waals surface area contributed by atoms with Crippen molar-refractivity contribution in [3.8, 4) is 0 Å². The molecule has 18 rings (SSSR count). The van der Waals surface area contributed by atoms with Gasteiger partial charge in [-0.15, -0.1) is 0 Å². The number of primary amides is 6. The molecular formula is C89H94Cl6N6O6. The van der Waals surface area contributed by atoms with E-state index >= 15 is 0 Å². The molecule has 0 spiro atoms. The van der Waals surface area contributed by atoms with Crippen molar-refractivity contribution in [2.45, 2.75) is 188 Å². The molecule has 0 aromatic heterocycles. The minimum Gasteiger partial charge on any atom is -0.369 e. The van der Waals surface area contributed by atoms with Gasteiger partial charge < -0.3 is 34.4 Å². The maximum absolute atomic E-state index is 11.9. The van der Waals surface area contributed by atoms with Crippen molar-refractivity contribution in [3.63, 3.8) is 0 Å². The molecule has 12 aliphatic rings. The highest BCUT2D eigenvalue weighted by atomic mass is 35.5. The molecule has 12 N–H and O–H groups in total. The number of benzene rings is 6. The normalized spacial score (nSPS) is 36.3. The topological polar surface area (TPSA) is 259 Å². The summed E-state index contributed by atoms with van der Waals surface area (Å²) < 4.78 is 280. The fourth-order valence-corrected chi connectivity index (χ4v) is 16.0. The minimum atomic E-state index is -2.48. The molecule has 0 saturated heterocycles. The molecule has 0 radical (unpaired) electrons. The van der Waals surface area contributed by atoms with Crippen molar-refractivity contribution in [3.05, 3.63) is 237 Å². The van der Waals surface area contributed by atoms with Crippen molar-refractivity contribution >= 4 is 138 Å². The highest BCUT2D eigenvalue weighted by Gasteiger charge is 2.40. The van der Waals surface area contributed by atoms with Crippen molar-refractivity contribution in [2.24, 2.45) is 69.8 Å². The van der Waals surface area contributed by atoms with Gasteiger partial charge in [-0.3, -0.25) is 28.8 Å². The molecule has 18 heteroatoms. The third kappa shape index (κ3) is 15.7. The Kier molecular flexibility index (Phi) is 13.6. The Balaban J connectivity index is 0.000000142. The number of nitrogens with two attached hydrogens (primary N) is 6. The molecule has 0 bridgehead atoms. The fourth-order valence-electron chi connectivity index (χ4n) is 14.8. The lowest BCUT2D eigenvalue weighted by molar-refractivity contribution is -0.121. The molecule has 12 nitrogen and oxygen atoms in total. The Morgan fingerprint density at radius 1 is 0.318 bits per heavy atom. The predicted octanol–water partition coefficient (Wildman–Crippen LogP) is 19.2. The maximum atomic E-state index is 11.9. The van der Waals surface area contributed by atoms with Gasteiger partial charge in [0.1, 0.15) is 0 Å². The van der Waals surface area contributed by atoms with Crippen LogP contribution < -0.4 is 34.4 Å². The largest absolute Gasteiger partial charge is 0.369 e. The highest BCUT2D eigenvalue weighted by molar-refractivity contribution is 6.33. The lowest BCUT2D eigenvalue weighted by atomic mass is 9.82. The lowest BCUT2D eigenvalue weighted by Crippen LogP contribution is -2.27. The number of hydrogen-bond donors (Lipinski definition) is 6.